The molecule has 1 nitrogen and oxygen atoms in total. The molecule has 0 radical (unpaired) electrons. The molecule has 0 spiro atoms. The zero-order valence-electron chi connectivity index (χ0n) is 12.6. The van der Waals surface area contributed by atoms with E-state index in [2.05, 4.69) is 56.9 Å². The predicted octanol–water partition coefficient (Wildman–Crippen LogP) is 3.30. The van der Waals surface area contributed by atoms with Crippen LogP contribution in [0.3, 0.4) is 0 Å². The van der Waals surface area contributed by atoms with Gasteiger partial charge >= 0.3 is 124 Å². The number of hydrogen-bond donors (Lipinski definition) is 0. The number of benzene rings is 1. The monoisotopic (exact) mass is 340 g/mol. The van der Waals surface area contributed by atoms with E-state index in [-0.39, 0.29) is 5.41 Å². The molecule has 1 aromatic carbocycles. The fourth-order valence-corrected chi connectivity index (χ4v) is 10.2. The van der Waals surface area contributed by atoms with Gasteiger partial charge in [0.15, 0.2) is 0 Å². The number of Topliss-reactive ketones (excluding diaryl/α,β-unsaturated/α-hetero) is 1. The normalized spacial score (nSPS) is 27.9. The molecule has 104 valence electrons. The maximum absolute atomic E-state index is 11.8. The Kier molecular flexibility index (Phi) is 4.11. The molecule has 3 atom stereocenters. The van der Waals surface area contributed by atoms with E-state index in [9.17, 15) is 4.79 Å². The Bertz CT molecular complexity index is 465. The minimum atomic E-state index is -1.23. The van der Waals surface area contributed by atoms with Gasteiger partial charge in [-0.05, 0) is 0 Å². The summed E-state index contributed by atoms with van der Waals surface area (Å²) in [5.74, 6) is 1.03. The Hall–Kier alpha value is -0.374. The van der Waals surface area contributed by atoms with Crippen molar-refractivity contribution in [2.45, 2.75) is 44.3 Å². The quantitative estimate of drug-likeness (QED) is 0.753. The fraction of sp³-hybridized carbons (Fsp3) is 0.562. The van der Waals surface area contributed by atoms with Crippen molar-refractivity contribution in [2.24, 2.45) is 11.3 Å². The van der Waals surface area contributed by atoms with Crippen molar-refractivity contribution in [3.8, 4) is 0 Å². The Labute approximate surface area is 124 Å². The van der Waals surface area contributed by atoms with Crippen LogP contribution in [0.2, 0.25) is 24.1 Å². The topological polar surface area (TPSA) is 17.1 Å². The van der Waals surface area contributed by atoms with Gasteiger partial charge in [-0.15, -0.1) is 0 Å². The molecule has 1 saturated carbocycles. The second-order valence-electron chi connectivity index (χ2n) is 7.00. The van der Waals surface area contributed by atoms with Crippen LogP contribution in [-0.4, -0.2) is 28.8 Å². The molecule has 1 fully saturated rings. The summed E-state index contributed by atoms with van der Waals surface area (Å²) < 4.78 is 2.26. The summed E-state index contributed by atoms with van der Waals surface area (Å²) >= 11 is 0.504. The van der Waals surface area contributed by atoms with Crippen LogP contribution >= 0.6 is 0 Å². The van der Waals surface area contributed by atoms with Crippen LogP contribution < -0.4 is 4.46 Å². The number of ketones is 1. The molecule has 19 heavy (non-hydrogen) atoms. The van der Waals surface area contributed by atoms with Crippen LogP contribution in [0.25, 0.3) is 0 Å². The van der Waals surface area contributed by atoms with Gasteiger partial charge in [0.1, 0.15) is 0 Å². The van der Waals surface area contributed by atoms with E-state index in [4.69, 9.17) is 0 Å². The van der Waals surface area contributed by atoms with Gasteiger partial charge in [0.25, 0.3) is 0 Å². The summed E-state index contributed by atoms with van der Waals surface area (Å²) in [6.07, 6.45) is 1.12. The third kappa shape index (κ3) is 3.21. The van der Waals surface area contributed by atoms with Gasteiger partial charge in [0, 0.05) is 0 Å². The molecule has 0 amide bonds. The average molecular weight is 339 g/mol. The van der Waals surface area contributed by atoms with Crippen molar-refractivity contribution in [3.05, 3.63) is 30.3 Å². The van der Waals surface area contributed by atoms with Crippen molar-refractivity contribution in [1.82, 2.24) is 0 Å². The minimum absolute atomic E-state index is 0.0124. The van der Waals surface area contributed by atoms with E-state index in [0.29, 0.717) is 26.7 Å². The molecule has 3 heteroatoms. The van der Waals surface area contributed by atoms with Crippen LogP contribution in [0.5, 0.6) is 0 Å². The maximum atomic E-state index is 11.8. The van der Waals surface area contributed by atoms with Gasteiger partial charge in [0.2, 0.25) is 0 Å². The first-order valence-electron chi connectivity index (χ1n) is 6.98. The molecule has 1 unspecified atom stereocenters. The number of carbonyl (C=O) groups excluding carboxylic acids is 1. The van der Waals surface area contributed by atoms with Crippen LogP contribution in [0.15, 0.2) is 30.3 Å². The molecule has 0 aliphatic heterocycles. The van der Waals surface area contributed by atoms with Gasteiger partial charge in [-0.1, -0.05) is 0 Å². The van der Waals surface area contributed by atoms with Gasteiger partial charge in [-0.25, -0.2) is 0 Å². The first-order valence-corrected chi connectivity index (χ1v) is 12.4. The van der Waals surface area contributed by atoms with E-state index in [1.165, 1.54) is 4.46 Å². The van der Waals surface area contributed by atoms with Gasteiger partial charge in [-0.3, -0.25) is 0 Å². The number of carbonyl (C=O) groups is 1. The molecule has 0 aromatic heterocycles. The molecular weight excluding hydrogens is 315 g/mol. The summed E-state index contributed by atoms with van der Waals surface area (Å²) in [5, 5.41) is 0. The second-order valence-corrected chi connectivity index (χ2v) is 15.8. The standard InChI is InChI=1S/C16H24OSeSi/c1-12(17)16(2)11-14(16)15(19(3,4)5)18-13-9-7-6-8-10-13/h6-10,14-15H,11H2,1-5H3/t14-,15?,16-/m0/s1. The molecule has 1 aliphatic rings. The zero-order valence-corrected chi connectivity index (χ0v) is 15.3. The fourth-order valence-electron chi connectivity index (χ4n) is 2.75. The van der Waals surface area contributed by atoms with E-state index < -0.39 is 8.07 Å². The summed E-state index contributed by atoms with van der Waals surface area (Å²) in [6, 6.07) is 10.9. The SMILES string of the molecule is CC(=O)[C@]1(C)C[C@H]1C([Se]c1ccccc1)[Si](C)(C)C. The van der Waals surface area contributed by atoms with Crippen LogP contribution in [-0.2, 0) is 4.79 Å². The van der Waals surface area contributed by atoms with Crippen LogP contribution in [0.1, 0.15) is 20.3 Å². The van der Waals surface area contributed by atoms with Crippen molar-refractivity contribution >= 4 is 33.3 Å². The summed E-state index contributed by atoms with van der Waals surface area (Å²) in [7, 11) is -1.23. The molecular formula is C16H24OSeSi. The Balaban J connectivity index is 2.18. The van der Waals surface area contributed by atoms with Crippen molar-refractivity contribution in [1.29, 1.82) is 0 Å². The Morgan fingerprint density at radius 1 is 1.32 bits per heavy atom. The third-order valence-corrected chi connectivity index (χ3v) is 13.9. The van der Waals surface area contributed by atoms with E-state index in [1.54, 1.807) is 6.92 Å². The van der Waals surface area contributed by atoms with Gasteiger partial charge < -0.3 is 0 Å². The Morgan fingerprint density at radius 3 is 2.32 bits per heavy atom. The van der Waals surface area contributed by atoms with Crippen molar-refractivity contribution in [2.75, 3.05) is 0 Å². The van der Waals surface area contributed by atoms with Crippen LogP contribution in [0, 0.1) is 11.3 Å². The number of hydrogen-bond acceptors (Lipinski definition) is 1. The molecule has 1 aromatic rings. The second kappa shape index (κ2) is 5.19. The summed E-state index contributed by atoms with van der Waals surface area (Å²) in [5.41, 5.74) is -0.0124. The van der Waals surface area contributed by atoms with Gasteiger partial charge in [0.05, 0.1) is 0 Å². The van der Waals surface area contributed by atoms with Crippen molar-refractivity contribution < 1.29 is 4.79 Å². The number of rotatable bonds is 5. The first-order chi connectivity index (χ1) is 8.75. The van der Waals surface area contributed by atoms with E-state index in [0.717, 1.165) is 10.9 Å². The zero-order chi connectivity index (χ0) is 14.3. The first kappa shape index (κ1) is 15.0. The van der Waals surface area contributed by atoms with Crippen LogP contribution in [0.4, 0.5) is 0 Å². The molecule has 0 heterocycles. The third-order valence-electron chi connectivity index (χ3n) is 4.33. The van der Waals surface area contributed by atoms with E-state index in [1.807, 2.05) is 0 Å². The molecule has 2 rings (SSSR count). The van der Waals surface area contributed by atoms with Crippen molar-refractivity contribution in [3.63, 3.8) is 0 Å². The molecule has 0 N–H and O–H groups in total. The molecule has 0 saturated heterocycles. The van der Waals surface area contributed by atoms with E-state index >= 15 is 0 Å². The molecule has 1 aliphatic carbocycles. The average Bonchev–Trinajstić information content (AvgIpc) is 2.99. The Morgan fingerprint density at radius 2 is 1.89 bits per heavy atom. The summed E-state index contributed by atoms with van der Waals surface area (Å²) in [6.45, 7) is 11.3. The predicted molar refractivity (Wildman–Crippen MR) is 85.8 cm³/mol. The summed E-state index contributed by atoms with van der Waals surface area (Å²) in [4.78, 5) is 11.8. The molecule has 0 bridgehead atoms. The van der Waals surface area contributed by atoms with Gasteiger partial charge in [-0.2, -0.15) is 0 Å².